The van der Waals surface area contributed by atoms with Crippen LogP contribution in [0, 0.1) is 5.92 Å². The maximum Gasteiger partial charge on any atom is 0.133 e. The zero-order valence-corrected chi connectivity index (χ0v) is 14.7. The molecule has 0 aliphatic heterocycles. The van der Waals surface area contributed by atoms with Gasteiger partial charge in [0.1, 0.15) is 12.4 Å². The Kier molecular flexibility index (Phi) is 6.62. The summed E-state index contributed by atoms with van der Waals surface area (Å²) < 4.78 is 6.04. The lowest BCUT2D eigenvalue weighted by Gasteiger charge is -2.21. The first-order chi connectivity index (χ1) is 10.6. The molecule has 0 aliphatic carbocycles. The standard InChI is InChI=1S/C18H22ClNOS/c1-13(2)16(20-3)12-21-17-9-4-5-10-18(17)22-15-8-6-7-14(19)11-15/h4-11,13,16,20H,12H2,1-3H3. The van der Waals surface area contributed by atoms with Crippen molar-refractivity contribution in [1.29, 1.82) is 0 Å². The Balaban J connectivity index is 2.10. The molecule has 4 heteroatoms. The number of benzene rings is 2. The summed E-state index contributed by atoms with van der Waals surface area (Å²) in [5.41, 5.74) is 0. The van der Waals surface area contributed by atoms with E-state index in [1.165, 1.54) is 0 Å². The van der Waals surface area contributed by atoms with Gasteiger partial charge in [0.15, 0.2) is 0 Å². The Hall–Kier alpha value is -1.16. The van der Waals surface area contributed by atoms with Gasteiger partial charge in [0, 0.05) is 16.0 Å². The molecule has 0 heterocycles. The molecule has 118 valence electrons. The average Bonchev–Trinajstić information content (AvgIpc) is 2.49. The molecule has 0 bridgehead atoms. The van der Waals surface area contributed by atoms with Crippen LogP contribution in [0.1, 0.15) is 13.8 Å². The fourth-order valence-electron chi connectivity index (χ4n) is 2.10. The van der Waals surface area contributed by atoms with Gasteiger partial charge in [0.2, 0.25) is 0 Å². The molecule has 22 heavy (non-hydrogen) atoms. The molecular formula is C18H22ClNOS. The van der Waals surface area contributed by atoms with Crippen LogP contribution in [0.15, 0.2) is 58.3 Å². The van der Waals surface area contributed by atoms with E-state index in [0.29, 0.717) is 18.6 Å². The van der Waals surface area contributed by atoms with Gasteiger partial charge in [0.25, 0.3) is 0 Å². The summed E-state index contributed by atoms with van der Waals surface area (Å²) in [6, 6.07) is 16.3. The van der Waals surface area contributed by atoms with Crippen LogP contribution in [-0.4, -0.2) is 19.7 Å². The van der Waals surface area contributed by atoms with Crippen LogP contribution in [0.5, 0.6) is 5.75 Å². The molecule has 0 fully saturated rings. The Bertz CT molecular complexity index is 603. The molecule has 2 aromatic rings. The molecule has 2 nitrogen and oxygen atoms in total. The maximum absolute atomic E-state index is 6.05. The van der Waals surface area contributed by atoms with Crippen LogP contribution in [0.25, 0.3) is 0 Å². The van der Waals surface area contributed by atoms with Crippen molar-refractivity contribution >= 4 is 23.4 Å². The van der Waals surface area contributed by atoms with Crippen LogP contribution in [0.3, 0.4) is 0 Å². The zero-order chi connectivity index (χ0) is 15.9. The van der Waals surface area contributed by atoms with Crippen LogP contribution in [-0.2, 0) is 0 Å². The number of ether oxygens (including phenoxy) is 1. The zero-order valence-electron chi connectivity index (χ0n) is 13.2. The average molecular weight is 336 g/mol. The fourth-order valence-corrected chi connectivity index (χ4v) is 3.32. The van der Waals surface area contributed by atoms with Crippen LogP contribution < -0.4 is 10.1 Å². The molecule has 0 aliphatic rings. The van der Waals surface area contributed by atoms with Gasteiger partial charge in [-0.05, 0) is 43.3 Å². The number of rotatable bonds is 7. The highest BCUT2D eigenvalue weighted by Gasteiger charge is 2.13. The predicted molar refractivity (Wildman–Crippen MR) is 95.2 cm³/mol. The lowest BCUT2D eigenvalue weighted by molar-refractivity contribution is 0.233. The van der Waals surface area contributed by atoms with Gasteiger partial charge < -0.3 is 10.1 Å². The van der Waals surface area contributed by atoms with E-state index in [2.05, 4.69) is 31.3 Å². The van der Waals surface area contributed by atoms with Gasteiger partial charge in [-0.1, -0.05) is 55.4 Å². The van der Waals surface area contributed by atoms with E-state index in [-0.39, 0.29) is 0 Å². The van der Waals surface area contributed by atoms with Crippen molar-refractivity contribution in [2.75, 3.05) is 13.7 Å². The van der Waals surface area contributed by atoms with Gasteiger partial charge in [-0.3, -0.25) is 0 Å². The van der Waals surface area contributed by atoms with E-state index in [4.69, 9.17) is 16.3 Å². The summed E-state index contributed by atoms with van der Waals surface area (Å²) in [5, 5.41) is 4.05. The SMILES string of the molecule is CNC(COc1ccccc1Sc1cccc(Cl)c1)C(C)C. The van der Waals surface area contributed by atoms with Crippen molar-refractivity contribution in [3.8, 4) is 5.75 Å². The first-order valence-electron chi connectivity index (χ1n) is 7.42. The van der Waals surface area contributed by atoms with Gasteiger partial charge in [-0.2, -0.15) is 0 Å². The van der Waals surface area contributed by atoms with E-state index in [0.717, 1.165) is 20.6 Å². The Morgan fingerprint density at radius 2 is 1.91 bits per heavy atom. The van der Waals surface area contributed by atoms with Gasteiger partial charge in [0.05, 0.1) is 4.90 Å². The number of nitrogens with one attached hydrogen (secondary N) is 1. The monoisotopic (exact) mass is 335 g/mol. The number of para-hydroxylation sites is 1. The molecule has 0 saturated heterocycles. The summed E-state index contributed by atoms with van der Waals surface area (Å²) >= 11 is 7.72. The normalized spacial score (nSPS) is 12.4. The van der Waals surface area contributed by atoms with Crippen LogP contribution in [0.2, 0.25) is 5.02 Å². The largest absolute Gasteiger partial charge is 0.491 e. The topological polar surface area (TPSA) is 21.3 Å². The highest BCUT2D eigenvalue weighted by molar-refractivity contribution is 7.99. The second-order valence-corrected chi connectivity index (χ2v) is 7.01. The first-order valence-corrected chi connectivity index (χ1v) is 8.62. The molecular weight excluding hydrogens is 314 g/mol. The summed E-state index contributed by atoms with van der Waals surface area (Å²) in [7, 11) is 1.97. The molecule has 1 atom stereocenters. The van der Waals surface area contributed by atoms with Crippen molar-refractivity contribution < 1.29 is 4.74 Å². The number of hydrogen-bond acceptors (Lipinski definition) is 3. The number of hydrogen-bond donors (Lipinski definition) is 1. The Labute approximate surface area is 142 Å². The summed E-state index contributed by atoms with van der Waals surface area (Å²) in [4.78, 5) is 2.21. The molecule has 2 rings (SSSR count). The lowest BCUT2D eigenvalue weighted by Crippen LogP contribution is -2.36. The quantitative estimate of drug-likeness (QED) is 0.759. The van der Waals surface area contributed by atoms with E-state index < -0.39 is 0 Å². The first kappa shape index (κ1) is 17.2. The third-order valence-corrected chi connectivity index (χ3v) is 4.75. The van der Waals surface area contributed by atoms with E-state index in [9.17, 15) is 0 Å². The summed E-state index contributed by atoms with van der Waals surface area (Å²) in [6.45, 7) is 5.04. The maximum atomic E-state index is 6.05. The molecule has 1 unspecified atom stereocenters. The van der Waals surface area contributed by atoms with Gasteiger partial charge >= 0.3 is 0 Å². The van der Waals surface area contributed by atoms with E-state index in [1.807, 2.05) is 43.4 Å². The minimum Gasteiger partial charge on any atom is -0.491 e. The van der Waals surface area contributed by atoms with Crippen molar-refractivity contribution in [3.63, 3.8) is 0 Å². The van der Waals surface area contributed by atoms with Crippen LogP contribution >= 0.6 is 23.4 Å². The number of likely N-dealkylation sites (N-methyl/N-ethyl adjacent to an activating group) is 1. The molecule has 2 aromatic carbocycles. The third kappa shape index (κ3) is 4.94. The molecule has 0 spiro atoms. The van der Waals surface area contributed by atoms with Gasteiger partial charge in [-0.15, -0.1) is 0 Å². The summed E-state index contributed by atoms with van der Waals surface area (Å²) in [5.74, 6) is 1.44. The molecule has 1 N–H and O–H groups in total. The minimum absolute atomic E-state index is 0.337. The lowest BCUT2D eigenvalue weighted by atomic mass is 10.1. The Morgan fingerprint density at radius 1 is 1.14 bits per heavy atom. The van der Waals surface area contributed by atoms with Crippen molar-refractivity contribution in [1.82, 2.24) is 5.32 Å². The fraction of sp³-hybridized carbons (Fsp3) is 0.333. The van der Waals surface area contributed by atoms with E-state index in [1.54, 1.807) is 11.8 Å². The van der Waals surface area contributed by atoms with E-state index >= 15 is 0 Å². The highest BCUT2D eigenvalue weighted by Crippen LogP contribution is 2.35. The second-order valence-electron chi connectivity index (χ2n) is 5.46. The Morgan fingerprint density at radius 3 is 2.59 bits per heavy atom. The molecule has 0 saturated carbocycles. The van der Waals surface area contributed by atoms with Crippen molar-refractivity contribution in [3.05, 3.63) is 53.6 Å². The highest BCUT2D eigenvalue weighted by atomic mass is 35.5. The summed E-state index contributed by atoms with van der Waals surface area (Å²) in [6.07, 6.45) is 0. The number of halogens is 1. The van der Waals surface area contributed by atoms with Crippen LogP contribution in [0.4, 0.5) is 0 Å². The third-order valence-electron chi connectivity index (χ3n) is 3.47. The second kappa shape index (κ2) is 8.47. The molecule has 0 radical (unpaired) electrons. The van der Waals surface area contributed by atoms with Crippen molar-refractivity contribution in [2.24, 2.45) is 5.92 Å². The van der Waals surface area contributed by atoms with Crippen molar-refractivity contribution in [2.45, 2.75) is 29.7 Å². The minimum atomic E-state index is 0.337. The molecule has 0 aromatic heterocycles. The molecule has 0 amide bonds. The smallest absolute Gasteiger partial charge is 0.133 e. The van der Waals surface area contributed by atoms with Gasteiger partial charge in [-0.25, -0.2) is 0 Å². The predicted octanol–water partition coefficient (Wildman–Crippen LogP) is 5.11.